The number of anilines is 2. The summed E-state index contributed by atoms with van der Waals surface area (Å²) in [5, 5.41) is 5.64. The lowest BCUT2D eigenvalue weighted by Crippen LogP contribution is -2.21. The fourth-order valence-electron chi connectivity index (χ4n) is 2.30. The fourth-order valence-corrected chi connectivity index (χ4v) is 2.30. The molecule has 0 spiro atoms. The Morgan fingerprint density at radius 2 is 2.18 bits per heavy atom. The van der Waals surface area contributed by atoms with Gasteiger partial charge >= 0.3 is 0 Å². The molecule has 17 heavy (non-hydrogen) atoms. The molecule has 0 unspecified atom stereocenters. The number of nitrogens with one attached hydrogen (secondary N) is 1. The van der Waals surface area contributed by atoms with E-state index in [2.05, 4.69) is 22.4 Å². The number of nitrogen functional groups attached to an aromatic ring is 1. The summed E-state index contributed by atoms with van der Waals surface area (Å²) in [5.74, 6) is 0.836. The molecule has 1 aromatic heterocycles. The van der Waals surface area contributed by atoms with Gasteiger partial charge in [0, 0.05) is 29.7 Å². The molecule has 1 aliphatic carbocycles. The molecule has 3 rings (SSSR count). The first kappa shape index (κ1) is 10.4. The zero-order chi connectivity index (χ0) is 11.7. The van der Waals surface area contributed by atoms with Gasteiger partial charge in [0.2, 0.25) is 0 Å². The molecule has 0 bridgehead atoms. The highest BCUT2D eigenvalue weighted by atomic mass is 14.9. The van der Waals surface area contributed by atoms with Gasteiger partial charge in [-0.25, -0.2) is 0 Å². The van der Waals surface area contributed by atoms with E-state index >= 15 is 0 Å². The molecule has 3 N–H and O–H groups in total. The Balaban J connectivity index is 1.86. The summed E-state index contributed by atoms with van der Waals surface area (Å²) in [6.07, 6.45) is 7.72. The highest BCUT2D eigenvalue weighted by Gasteiger charge is 2.17. The highest BCUT2D eigenvalue weighted by molar-refractivity contribution is 5.98. The smallest absolute Gasteiger partial charge is 0.0630 e. The van der Waals surface area contributed by atoms with Gasteiger partial charge in [0.05, 0.1) is 11.4 Å². The summed E-state index contributed by atoms with van der Waals surface area (Å²) in [6, 6.07) is 6.10. The van der Waals surface area contributed by atoms with Crippen molar-refractivity contribution < 1.29 is 0 Å². The van der Waals surface area contributed by atoms with Crippen LogP contribution in [0.25, 0.3) is 10.8 Å². The molecular weight excluding hydrogens is 210 g/mol. The van der Waals surface area contributed by atoms with E-state index in [0.717, 1.165) is 34.6 Å². The summed E-state index contributed by atoms with van der Waals surface area (Å²) in [6.45, 7) is 1.04. The zero-order valence-electron chi connectivity index (χ0n) is 9.82. The third-order valence-electron chi connectivity index (χ3n) is 3.67. The summed E-state index contributed by atoms with van der Waals surface area (Å²) < 4.78 is 0. The topological polar surface area (TPSA) is 50.9 Å². The van der Waals surface area contributed by atoms with Crippen molar-refractivity contribution in [2.24, 2.45) is 5.92 Å². The lowest BCUT2D eigenvalue weighted by atomic mass is 9.85. The highest BCUT2D eigenvalue weighted by Crippen LogP contribution is 2.30. The van der Waals surface area contributed by atoms with Gasteiger partial charge in [0.15, 0.2) is 0 Å². The first-order valence-corrected chi connectivity index (χ1v) is 6.20. The first-order chi connectivity index (χ1) is 8.34. The van der Waals surface area contributed by atoms with Crippen molar-refractivity contribution in [2.45, 2.75) is 19.3 Å². The number of hydrogen-bond acceptors (Lipinski definition) is 3. The number of pyridine rings is 1. The molecule has 0 saturated heterocycles. The minimum atomic E-state index is 0.836. The summed E-state index contributed by atoms with van der Waals surface area (Å²) in [5.41, 5.74) is 8.06. The number of nitrogens with zero attached hydrogens (tertiary/aromatic N) is 1. The normalized spacial score (nSPS) is 15.8. The van der Waals surface area contributed by atoms with Gasteiger partial charge in [-0.2, -0.15) is 0 Å². The third kappa shape index (κ3) is 1.93. The van der Waals surface area contributed by atoms with E-state index in [4.69, 9.17) is 5.73 Å². The number of fused-ring (bicyclic) bond motifs is 1. The second kappa shape index (κ2) is 4.24. The van der Waals surface area contributed by atoms with E-state index in [1.54, 1.807) is 6.20 Å². The number of nitrogens with two attached hydrogens (primary N) is 1. The molecule has 1 saturated carbocycles. The second-order valence-corrected chi connectivity index (χ2v) is 4.80. The summed E-state index contributed by atoms with van der Waals surface area (Å²) in [4.78, 5) is 4.10. The Morgan fingerprint density at radius 3 is 2.94 bits per heavy atom. The summed E-state index contributed by atoms with van der Waals surface area (Å²) >= 11 is 0. The van der Waals surface area contributed by atoms with E-state index < -0.39 is 0 Å². The van der Waals surface area contributed by atoms with Crippen LogP contribution < -0.4 is 11.1 Å². The van der Waals surface area contributed by atoms with Gasteiger partial charge in [-0.15, -0.1) is 0 Å². The Bertz CT molecular complexity index is 532. The van der Waals surface area contributed by atoms with E-state index in [-0.39, 0.29) is 0 Å². The lowest BCUT2D eigenvalue weighted by Gasteiger charge is -2.26. The summed E-state index contributed by atoms with van der Waals surface area (Å²) in [7, 11) is 0. The molecule has 0 aliphatic heterocycles. The van der Waals surface area contributed by atoms with Gasteiger partial charge in [-0.3, -0.25) is 4.98 Å². The van der Waals surface area contributed by atoms with Crippen LogP contribution in [0.3, 0.4) is 0 Å². The van der Waals surface area contributed by atoms with Gasteiger partial charge in [0.1, 0.15) is 0 Å². The average Bonchev–Trinajstić information content (AvgIpc) is 2.30. The van der Waals surface area contributed by atoms with Crippen molar-refractivity contribution >= 4 is 22.1 Å². The Kier molecular flexibility index (Phi) is 2.59. The van der Waals surface area contributed by atoms with E-state index in [1.165, 1.54) is 19.3 Å². The maximum Gasteiger partial charge on any atom is 0.0630 e. The monoisotopic (exact) mass is 227 g/mol. The number of hydrogen-bond donors (Lipinski definition) is 2. The van der Waals surface area contributed by atoms with E-state index in [0.29, 0.717) is 0 Å². The van der Waals surface area contributed by atoms with Crippen molar-refractivity contribution in [3.8, 4) is 0 Å². The second-order valence-electron chi connectivity index (χ2n) is 4.80. The van der Waals surface area contributed by atoms with Crippen LogP contribution in [0.15, 0.2) is 30.6 Å². The molecule has 1 aromatic carbocycles. The predicted molar refractivity (Wildman–Crippen MR) is 72.0 cm³/mol. The molecular formula is C14H17N3. The van der Waals surface area contributed by atoms with Crippen molar-refractivity contribution in [1.29, 1.82) is 0 Å². The van der Waals surface area contributed by atoms with Gasteiger partial charge in [0.25, 0.3) is 0 Å². The molecule has 0 radical (unpaired) electrons. The SMILES string of the molecule is Nc1c(NCC2CCC2)ccc2cnccc12. The van der Waals surface area contributed by atoms with Crippen LogP contribution in [0, 0.1) is 5.92 Å². The van der Waals surface area contributed by atoms with Crippen molar-refractivity contribution in [3.05, 3.63) is 30.6 Å². The van der Waals surface area contributed by atoms with Gasteiger partial charge < -0.3 is 11.1 Å². The van der Waals surface area contributed by atoms with E-state index in [1.807, 2.05) is 12.3 Å². The maximum absolute atomic E-state index is 6.17. The molecule has 0 atom stereocenters. The average molecular weight is 227 g/mol. The molecule has 2 aromatic rings. The quantitative estimate of drug-likeness (QED) is 0.792. The standard InChI is InChI=1S/C14H17N3/c15-14-12-6-7-16-9-11(12)4-5-13(14)17-8-10-2-1-3-10/h4-7,9-10,17H,1-3,8,15H2. The fraction of sp³-hybridized carbons (Fsp3) is 0.357. The Labute approximate surface area is 101 Å². The van der Waals surface area contributed by atoms with Crippen molar-refractivity contribution in [3.63, 3.8) is 0 Å². The zero-order valence-corrected chi connectivity index (χ0v) is 9.82. The van der Waals surface area contributed by atoms with Crippen LogP contribution in [0.1, 0.15) is 19.3 Å². The largest absolute Gasteiger partial charge is 0.397 e. The maximum atomic E-state index is 6.17. The van der Waals surface area contributed by atoms with Crippen molar-refractivity contribution in [2.75, 3.05) is 17.6 Å². The van der Waals surface area contributed by atoms with Gasteiger partial charge in [-0.1, -0.05) is 12.5 Å². The molecule has 88 valence electrons. The van der Waals surface area contributed by atoms with Crippen LogP contribution in [0.4, 0.5) is 11.4 Å². The van der Waals surface area contributed by atoms with Crippen LogP contribution in [-0.2, 0) is 0 Å². The van der Waals surface area contributed by atoms with Gasteiger partial charge in [-0.05, 0) is 30.9 Å². The minimum Gasteiger partial charge on any atom is -0.397 e. The predicted octanol–water partition coefficient (Wildman–Crippen LogP) is 3.03. The number of rotatable bonds is 3. The van der Waals surface area contributed by atoms with Crippen molar-refractivity contribution in [1.82, 2.24) is 4.98 Å². The van der Waals surface area contributed by atoms with Crippen LogP contribution in [0.5, 0.6) is 0 Å². The molecule has 1 fully saturated rings. The Morgan fingerprint density at radius 1 is 1.29 bits per heavy atom. The van der Waals surface area contributed by atoms with Crippen LogP contribution in [-0.4, -0.2) is 11.5 Å². The minimum absolute atomic E-state index is 0.836. The third-order valence-corrected chi connectivity index (χ3v) is 3.67. The first-order valence-electron chi connectivity index (χ1n) is 6.20. The molecule has 3 nitrogen and oxygen atoms in total. The number of benzene rings is 1. The molecule has 1 heterocycles. The molecule has 1 aliphatic rings. The lowest BCUT2D eigenvalue weighted by molar-refractivity contribution is 0.333. The van der Waals surface area contributed by atoms with Crippen LogP contribution >= 0.6 is 0 Å². The number of aromatic nitrogens is 1. The molecule has 0 amide bonds. The molecule has 3 heteroatoms. The van der Waals surface area contributed by atoms with E-state index in [9.17, 15) is 0 Å². The Hall–Kier alpha value is -1.77. The van der Waals surface area contributed by atoms with Crippen LogP contribution in [0.2, 0.25) is 0 Å².